The Kier molecular flexibility index (Phi) is 4.06. The van der Waals surface area contributed by atoms with Crippen LogP contribution in [0.3, 0.4) is 0 Å². The van der Waals surface area contributed by atoms with Gasteiger partial charge in [0.25, 0.3) is 0 Å². The third-order valence-corrected chi connectivity index (χ3v) is 3.16. The molecule has 0 heterocycles. The Morgan fingerprint density at radius 2 is 1.26 bits per heavy atom. The molecule has 0 fully saturated rings. The molecule has 0 saturated heterocycles. The maximum Gasteiger partial charge on any atom is 0.0210 e. The largest absolute Gasteiger partial charge is 0.308 e. The van der Waals surface area contributed by atoms with Gasteiger partial charge in [0.1, 0.15) is 0 Å². The zero-order chi connectivity index (χ0) is 13.9. The van der Waals surface area contributed by atoms with Crippen LogP contribution in [0, 0.1) is 6.92 Å². The minimum atomic E-state index is 0.162. The lowest BCUT2D eigenvalue weighted by Crippen LogP contribution is -2.35. The van der Waals surface area contributed by atoms with Crippen LogP contribution < -0.4 is 5.32 Å². The van der Waals surface area contributed by atoms with E-state index in [0.29, 0.717) is 0 Å². The van der Waals surface area contributed by atoms with Crippen molar-refractivity contribution in [2.24, 2.45) is 0 Å². The fourth-order valence-corrected chi connectivity index (χ4v) is 1.93. The molecule has 0 amide bonds. The van der Waals surface area contributed by atoms with Gasteiger partial charge in [-0.1, -0.05) is 54.1 Å². The van der Waals surface area contributed by atoms with E-state index in [4.69, 9.17) is 0 Å². The number of benzene rings is 2. The van der Waals surface area contributed by atoms with Gasteiger partial charge in [-0.05, 0) is 44.4 Å². The maximum atomic E-state index is 3.50. The van der Waals surface area contributed by atoms with E-state index in [1.807, 2.05) is 0 Å². The molecule has 0 spiro atoms. The van der Waals surface area contributed by atoms with Crippen LogP contribution in [0.2, 0.25) is 0 Å². The number of aryl methyl sites for hydroxylation is 1. The zero-order valence-electron chi connectivity index (χ0n) is 12.3. The second-order valence-corrected chi connectivity index (χ2v) is 6.17. The summed E-state index contributed by atoms with van der Waals surface area (Å²) in [7, 11) is 0. The van der Waals surface area contributed by atoms with E-state index in [-0.39, 0.29) is 5.54 Å². The standard InChI is InChI=1S/C18H23N/c1-14-5-9-16(10-6-14)17-11-7-15(8-12-17)13-19-18(2,3)4/h5-12,19H,13H2,1-4H3. The van der Waals surface area contributed by atoms with Crippen LogP contribution in [0.1, 0.15) is 31.9 Å². The molecule has 0 aromatic heterocycles. The normalized spacial score (nSPS) is 11.6. The first-order valence-corrected chi connectivity index (χ1v) is 6.85. The average molecular weight is 253 g/mol. The fraction of sp³-hybridized carbons (Fsp3) is 0.333. The van der Waals surface area contributed by atoms with Gasteiger partial charge >= 0.3 is 0 Å². The summed E-state index contributed by atoms with van der Waals surface area (Å²) in [6, 6.07) is 17.5. The summed E-state index contributed by atoms with van der Waals surface area (Å²) in [4.78, 5) is 0. The van der Waals surface area contributed by atoms with E-state index in [9.17, 15) is 0 Å². The SMILES string of the molecule is Cc1ccc(-c2ccc(CNC(C)(C)C)cc2)cc1. The second-order valence-electron chi connectivity index (χ2n) is 6.17. The first kappa shape index (κ1) is 13.8. The summed E-state index contributed by atoms with van der Waals surface area (Å²) >= 11 is 0. The Morgan fingerprint density at radius 3 is 1.74 bits per heavy atom. The third kappa shape index (κ3) is 4.22. The van der Waals surface area contributed by atoms with Crippen molar-refractivity contribution in [2.75, 3.05) is 0 Å². The van der Waals surface area contributed by atoms with E-state index in [2.05, 4.69) is 81.5 Å². The molecule has 2 aromatic rings. The van der Waals surface area contributed by atoms with Crippen molar-refractivity contribution >= 4 is 0 Å². The lowest BCUT2D eigenvalue weighted by atomic mass is 10.0. The molecular formula is C18H23N. The molecule has 1 heteroatoms. The minimum Gasteiger partial charge on any atom is -0.308 e. The van der Waals surface area contributed by atoms with E-state index in [1.54, 1.807) is 0 Å². The van der Waals surface area contributed by atoms with Crippen molar-refractivity contribution in [3.05, 3.63) is 59.7 Å². The first-order chi connectivity index (χ1) is 8.94. The van der Waals surface area contributed by atoms with Crippen molar-refractivity contribution in [3.8, 4) is 11.1 Å². The van der Waals surface area contributed by atoms with Crippen LogP contribution >= 0.6 is 0 Å². The predicted molar refractivity (Wildman–Crippen MR) is 83.2 cm³/mol. The summed E-state index contributed by atoms with van der Waals surface area (Å²) < 4.78 is 0. The van der Waals surface area contributed by atoms with Gasteiger partial charge in [-0.3, -0.25) is 0 Å². The van der Waals surface area contributed by atoms with Gasteiger partial charge in [-0.25, -0.2) is 0 Å². The second kappa shape index (κ2) is 5.58. The minimum absolute atomic E-state index is 0.162. The molecule has 0 unspecified atom stereocenters. The molecule has 0 atom stereocenters. The summed E-state index contributed by atoms with van der Waals surface area (Å²) in [6.45, 7) is 9.59. The van der Waals surface area contributed by atoms with E-state index in [1.165, 1.54) is 22.3 Å². The molecule has 100 valence electrons. The Hall–Kier alpha value is -1.60. The molecule has 0 aliphatic carbocycles. The van der Waals surface area contributed by atoms with Crippen molar-refractivity contribution in [1.82, 2.24) is 5.32 Å². The number of nitrogens with one attached hydrogen (secondary N) is 1. The molecule has 0 radical (unpaired) electrons. The van der Waals surface area contributed by atoms with Crippen LogP contribution in [0.25, 0.3) is 11.1 Å². The molecule has 0 saturated carbocycles. The van der Waals surface area contributed by atoms with Crippen molar-refractivity contribution in [1.29, 1.82) is 0 Å². The summed E-state index contributed by atoms with van der Waals surface area (Å²) in [5.74, 6) is 0. The molecule has 2 rings (SSSR count). The Morgan fingerprint density at radius 1 is 0.789 bits per heavy atom. The molecular weight excluding hydrogens is 230 g/mol. The van der Waals surface area contributed by atoms with E-state index >= 15 is 0 Å². The molecule has 19 heavy (non-hydrogen) atoms. The average Bonchev–Trinajstić information content (AvgIpc) is 2.37. The van der Waals surface area contributed by atoms with Crippen LogP contribution in [0.5, 0.6) is 0 Å². The van der Waals surface area contributed by atoms with Gasteiger partial charge in [0.05, 0.1) is 0 Å². The van der Waals surface area contributed by atoms with Gasteiger partial charge in [-0.2, -0.15) is 0 Å². The molecule has 0 aliphatic heterocycles. The highest BCUT2D eigenvalue weighted by Gasteiger charge is 2.08. The van der Waals surface area contributed by atoms with Crippen molar-refractivity contribution in [2.45, 2.75) is 39.8 Å². The molecule has 0 aliphatic rings. The maximum absolute atomic E-state index is 3.50. The zero-order valence-corrected chi connectivity index (χ0v) is 12.3. The van der Waals surface area contributed by atoms with Crippen LogP contribution in [0.15, 0.2) is 48.5 Å². The lowest BCUT2D eigenvalue weighted by Gasteiger charge is -2.20. The highest BCUT2D eigenvalue weighted by Crippen LogP contribution is 2.20. The molecule has 1 nitrogen and oxygen atoms in total. The van der Waals surface area contributed by atoms with Crippen molar-refractivity contribution < 1.29 is 0 Å². The topological polar surface area (TPSA) is 12.0 Å². The quantitative estimate of drug-likeness (QED) is 0.846. The monoisotopic (exact) mass is 253 g/mol. The fourth-order valence-electron chi connectivity index (χ4n) is 1.93. The Balaban J connectivity index is 2.08. The van der Waals surface area contributed by atoms with Crippen LogP contribution in [-0.2, 0) is 6.54 Å². The predicted octanol–water partition coefficient (Wildman–Crippen LogP) is 4.55. The van der Waals surface area contributed by atoms with Gasteiger partial charge in [0.15, 0.2) is 0 Å². The summed E-state index contributed by atoms with van der Waals surface area (Å²) in [6.07, 6.45) is 0. The number of hydrogen-bond acceptors (Lipinski definition) is 1. The Bertz CT molecular complexity index is 515. The third-order valence-electron chi connectivity index (χ3n) is 3.16. The summed E-state index contributed by atoms with van der Waals surface area (Å²) in [5, 5.41) is 3.50. The Labute approximate surface area is 116 Å². The lowest BCUT2D eigenvalue weighted by molar-refractivity contribution is 0.424. The van der Waals surface area contributed by atoms with Crippen LogP contribution in [0.4, 0.5) is 0 Å². The number of hydrogen-bond donors (Lipinski definition) is 1. The smallest absolute Gasteiger partial charge is 0.0210 e. The van der Waals surface area contributed by atoms with Gasteiger partial charge in [-0.15, -0.1) is 0 Å². The highest BCUT2D eigenvalue weighted by atomic mass is 14.9. The molecule has 2 aromatic carbocycles. The van der Waals surface area contributed by atoms with E-state index < -0.39 is 0 Å². The van der Waals surface area contributed by atoms with Gasteiger partial charge in [0.2, 0.25) is 0 Å². The van der Waals surface area contributed by atoms with E-state index in [0.717, 1.165) is 6.54 Å². The number of rotatable bonds is 3. The van der Waals surface area contributed by atoms with Crippen LogP contribution in [-0.4, -0.2) is 5.54 Å². The van der Waals surface area contributed by atoms with Crippen molar-refractivity contribution in [3.63, 3.8) is 0 Å². The highest BCUT2D eigenvalue weighted by molar-refractivity contribution is 5.63. The van der Waals surface area contributed by atoms with Gasteiger partial charge < -0.3 is 5.32 Å². The van der Waals surface area contributed by atoms with Gasteiger partial charge in [0, 0.05) is 12.1 Å². The molecule has 0 bridgehead atoms. The summed E-state index contributed by atoms with van der Waals surface area (Å²) in [5.41, 5.74) is 5.34. The molecule has 1 N–H and O–H groups in total. The first-order valence-electron chi connectivity index (χ1n) is 6.85.